The molecule has 3 aromatic rings. The molecule has 0 radical (unpaired) electrons. The monoisotopic (exact) mass is 359 g/mol. The lowest BCUT2D eigenvalue weighted by Crippen LogP contribution is -2.44. The van der Waals surface area contributed by atoms with Crippen molar-refractivity contribution in [3.05, 3.63) is 65.4 Å². The van der Waals surface area contributed by atoms with Crippen LogP contribution in [0.4, 0.5) is 5.69 Å². The second kappa shape index (κ2) is 6.06. The zero-order chi connectivity index (χ0) is 18.5. The maximum Gasteiger partial charge on any atom is 0.251 e. The van der Waals surface area contributed by atoms with E-state index in [1.54, 1.807) is 0 Å². The number of fused-ring (bicyclic) bond motifs is 3. The van der Waals surface area contributed by atoms with E-state index in [1.807, 2.05) is 37.3 Å². The summed E-state index contributed by atoms with van der Waals surface area (Å²) in [6.45, 7) is 3.40. The third kappa shape index (κ3) is 2.50. The molecule has 5 rings (SSSR count). The van der Waals surface area contributed by atoms with Crippen molar-refractivity contribution in [1.29, 1.82) is 0 Å². The predicted octanol–water partition coefficient (Wildman–Crippen LogP) is 3.17. The Labute approximate surface area is 157 Å². The first-order chi connectivity index (χ1) is 13.1. The Morgan fingerprint density at radius 3 is 2.67 bits per heavy atom. The van der Waals surface area contributed by atoms with Crippen LogP contribution in [0.2, 0.25) is 0 Å². The molecule has 5 heteroatoms. The number of hydrogen-bond acceptors (Lipinski definition) is 3. The molecule has 3 heterocycles. The molecule has 2 aromatic carbocycles. The number of para-hydroxylation sites is 2. The minimum absolute atomic E-state index is 0.103. The summed E-state index contributed by atoms with van der Waals surface area (Å²) in [6, 6.07) is 15.5. The van der Waals surface area contributed by atoms with Gasteiger partial charge in [-0.25, -0.2) is 4.90 Å². The number of carbonyl (C=O) groups is 2. The van der Waals surface area contributed by atoms with E-state index >= 15 is 0 Å². The molecule has 27 heavy (non-hydrogen) atoms. The van der Waals surface area contributed by atoms with Crippen LogP contribution in [0, 0.1) is 6.92 Å². The highest BCUT2D eigenvalue weighted by molar-refractivity contribution is 6.22. The summed E-state index contributed by atoms with van der Waals surface area (Å²) in [5.74, 6) is -0.212. The molecule has 136 valence electrons. The van der Waals surface area contributed by atoms with Crippen molar-refractivity contribution in [3.63, 3.8) is 0 Å². The van der Waals surface area contributed by atoms with E-state index in [2.05, 4.69) is 28.1 Å². The smallest absolute Gasteiger partial charge is 0.251 e. The molecule has 5 nitrogen and oxygen atoms in total. The molecule has 2 aliphatic heterocycles. The van der Waals surface area contributed by atoms with Crippen LogP contribution in [0.25, 0.3) is 10.9 Å². The quantitative estimate of drug-likeness (QED) is 0.715. The number of nitrogens with zero attached hydrogens (tertiary/aromatic N) is 2. The van der Waals surface area contributed by atoms with Gasteiger partial charge in [-0.3, -0.25) is 14.5 Å². The van der Waals surface area contributed by atoms with Gasteiger partial charge in [-0.05, 0) is 36.6 Å². The molecule has 0 spiro atoms. The Hall–Kier alpha value is -2.92. The highest BCUT2D eigenvalue weighted by Crippen LogP contribution is 2.32. The van der Waals surface area contributed by atoms with Crippen LogP contribution in [0.15, 0.2) is 48.5 Å². The molecule has 1 saturated heterocycles. The van der Waals surface area contributed by atoms with E-state index in [4.69, 9.17) is 0 Å². The van der Waals surface area contributed by atoms with Crippen molar-refractivity contribution in [2.45, 2.75) is 32.4 Å². The largest absolute Gasteiger partial charge is 0.357 e. The third-order valence-electron chi connectivity index (χ3n) is 5.83. The Morgan fingerprint density at radius 1 is 1.04 bits per heavy atom. The fourth-order valence-corrected chi connectivity index (χ4v) is 4.45. The Balaban J connectivity index is 1.44. The molecule has 1 N–H and O–H groups in total. The number of rotatable bonds is 2. The number of aromatic amines is 1. The minimum atomic E-state index is -0.378. The Morgan fingerprint density at radius 2 is 1.81 bits per heavy atom. The van der Waals surface area contributed by atoms with Gasteiger partial charge < -0.3 is 4.98 Å². The van der Waals surface area contributed by atoms with Gasteiger partial charge in [0.2, 0.25) is 5.91 Å². The highest BCUT2D eigenvalue weighted by atomic mass is 16.2. The normalized spacial score (nSPS) is 20.5. The molecule has 2 amide bonds. The average Bonchev–Trinajstić information content (AvgIpc) is 3.19. The summed E-state index contributed by atoms with van der Waals surface area (Å²) in [5.41, 5.74) is 5.29. The molecule has 2 aliphatic rings. The Kier molecular flexibility index (Phi) is 3.65. The minimum Gasteiger partial charge on any atom is -0.357 e. The van der Waals surface area contributed by atoms with E-state index in [0.29, 0.717) is 12.2 Å². The maximum absolute atomic E-state index is 13.1. The van der Waals surface area contributed by atoms with Crippen LogP contribution in [0.1, 0.15) is 23.2 Å². The van der Waals surface area contributed by atoms with Crippen molar-refractivity contribution in [2.24, 2.45) is 0 Å². The van der Waals surface area contributed by atoms with E-state index in [0.717, 1.165) is 29.7 Å². The van der Waals surface area contributed by atoms with Crippen molar-refractivity contribution in [2.75, 3.05) is 11.4 Å². The summed E-state index contributed by atoms with van der Waals surface area (Å²) >= 11 is 0. The van der Waals surface area contributed by atoms with Crippen LogP contribution >= 0.6 is 0 Å². The fourth-order valence-electron chi connectivity index (χ4n) is 4.45. The molecule has 1 atom stereocenters. The molecular weight excluding hydrogens is 338 g/mol. The first kappa shape index (κ1) is 16.3. The zero-order valence-electron chi connectivity index (χ0n) is 15.2. The van der Waals surface area contributed by atoms with Gasteiger partial charge in [-0.2, -0.15) is 0 Å². The van der Waals surface area contributed by atoms with Crippen LogP contribution in [-0.2, 0) is 22.6 Å². The summed E-state index contributed by atoms with van der Waals surface area (Å²) in [6.07, 6.45) is 1.14. The molecule has 0 bridgehead atoms. The average molecular weight is 359 g/mol. The second-order valence-corrected chi connectivity index (χ2v) is 7.42. The van der Waals surface area contributed by atoms with Gasteiger partial charge in [-0.1, -0.05) is 36.4 Å². The molecule has 0 aliphatic carbocycles. The number of aromatic nitrogens is 1. The number of carbonyl (C=O) groups excluding carboxylic acids is 2. The fraction of sp³-hybridized carbons (Fsp3) is 0.273. The van der Waals surface area contributed by atoms with Gasteiger partial charge in [-0.15, -0.1) is 0 Å². The van der Waals surface area contributed by atoms with Crippen LogP contribution in [-0.4, -0.2) is 34.3 Å². The zero-order valence-corrected chi connectivity index (χ0v) is 15.2. The third-order valence-corrected chi connectivity index (χ3v) is 5.83. The number of amides is 2. The number of hydrogen-bond donors (Lipinski definition) is 1. The van der Waals surface area contributed by atoms with Crippen LogP contribution in [0.5, 0.6) is 0 Å². The summed E-state index contributed by atoms with van der Waals surface area (Å²) in [7, 11) is 0. The predicted molar refractivity (Wildman–Crippen MR) is 104 cm³/mol. The summed E-state index contributed by atoms with van der Waals surface area (Å²) in [4.78, 5) is 32.8. The van der Waals surface area contributed by atoms with Gasteiger partial charge >= 0.3 is 0 Å². The van der Waals surface area contributed by atoms with Crippen LogP contribution < -0.4 is 4.90 Å². The van der Waals surface area contributed by atoms with Gasteiger partial charge in [0.25, 0.3) is 5.91 Å². The van der Waals surface area contributed by atoms with E-state index in [-0.39, 0.29) is 24.3 Å². The number of nitrogens with one attached hydrogen (secondary N) is 1. The first-order valence-corrected chi connectivity index (χ1v) is 9.38. The van der Waals surface area contributed by atoms with Gasteiger partial charge in [0.1, 0.15) is 0 Å². The molecule has 0 unspecified atom stereocenters. The number of benzene rings is 2. The van der Waals surface area contributed by atoms with Crippen molar-refractivity contribution >= 4 is 28.4 Å². The number of aryl methyl sites for hydroxylation is 1. The van der Waals surface area contributed by atoms with Gasteiger partial charge in [0.05, 0.1) is 18.2 Å². The van der Waals surface area contributed by atoms with E-state index in [1.165, 1.54) is 15.8 Å². The van der Waals surface area contributed by atoms with E-state index in [9.17, 15) is 9.59 Å². The SMILES string of the molecule is Cc1ccccc1N1C(=O)C[C@H](N2CCc3c([nH]c4ccccc34)C2)C1=O. The topological polar surface area (TPSA) is 56.4 Å². The molecular formula is C22H21N3O2. The lowest BCUT2D eigenvalue weighted by atomic mass is 10.0. The molecule has 1 aromatic heterocycles. The summed E-state index contributed by atoms with van der Waals surface area (Å²) in [5, 5.41) is 1.27. The molecule has 0 saturated carbocycles. The number of H-pyrrole nitrogens is 1. The van der Waals surface area contributed by atoms with Gasteiger partial charge in [0, 0.05) is 29.7 Å². The molecule has 1 fully saturated rings. The summed E-state index contributed by atoms with van der Waals surface area (Å²) < 4.78 is 0. The lowest BCUT2D eigenvalue weighted by molar-refractivity contribution is -0.123. The standard InChI is InChI=1S/C22H21N3O2/c1-14-6-2-5-9-19(14)25-21(26)12-20(22(25)27)24-11-10-16-15-7-3-4-8-17(15)23-18(16)13-24/h2-9,20,23H,10-13H2,1H3/t20-/m0/s1. The maximum atomic E-state index is 13.1. The second-order valence-electron chi connectivity index (χ2n) is 7.42. The number of imide groups is 1. The highest BCUT2D eigenvalue weighted by Gasteiger charge is 2.44. The lowest BCUT2D eigenvalue weighted by Gasteiger charge is -2.31. The number of anilines is 1. The van der Waals surface area contributed by atoms with Gasteiger partial charge in [0.15, 0.2) is 0 Å². The van der Waals surface area contributed by atoms with Crippen molar-refractivity contribution in [1.82, 2.24) is 9.88 Å². The van der Waals surface area contributed by atoms with Crippen LogP contribution in [0.3, 0.4) is 0 Å². The van der Waals surface area contributed by atoms with Crippen molar-refractivity contribution < 1.29 is 9.59 Å². The Bertz CT molecular complexity index is 1070. The van der Waals surface area contributed by atoms with E-state index < -0.39 is 0 Å². The van der Waals surface area contributed by atoms with Crippen molar-refractivity contribution in [3.8, 4) is 0 Å². The first-order valence-electron chi connectivity index (χ1n) is 9.38.